The van der Waals surface area contributed by atoms with Crippen LogP contribution in [0.2, 0.25) is 0 Å². The monoisotopic (exact) mass is 470 g/mol. The highest BCUT2D eigenvalue weighted by molar-refractivity contribution is 7.89. The highest BCUT2D eigenvalue weighted by atomic mass is 32.2. The zero-order chi connectivity index (χ0) is 23.7. The molecule has 1 saturated carbocycles. The van der Waals surface area contributed by atoms with Gasteiger partial charge in [0.25, 0.3) is 5.91 Å². The Morgan fingerprint density at radius 1 is 1.09 bits per heavy atom. The Kier molecular flexibility index (Phi) is 6.61. The molecule has 11 heteroatoms. The maximum Gasteiger partial charge on any atom is 0.416 e. The first-order chi connectivity index (χ1) is 14.9. The van der Waals surface area contributed by atoms with Crippen LogP contribution in [-0.2, 0) is 25.7 Å². The lowest BCUT2D eigenvalue weighted by atomic mass is 10.1. The van der Waals surface area contributed by atoms with Gasteiger partial charge in [-0.15, -0.1) is 0 Å². The summed E-state index contributed by atoms with van der Waals surface area (Å²) in [5.74, 6) is -1.66. The molecule has 0 heterocycles. The van der Waals surface area contributed by atoms with Crippen molar-refractivity contribution in [1.82, 2.24) is 4.72 Å². The number of alkyl halides is 3. The number of esters is 1. The Morgan fingerprint density at radius 2 is 1.72 bits per heavy atom. The summed E-state index contributed by atoms with van der Waals surface area (Å²) in [6, 6.07) is 7.71. The molecule has 0 saturated heterocycles. The average Bonchev–Trinajstić information content (AvgIpc) is 3.51. The molecule has 7 nitrogen and oxygen atoms in total. The van der Waals surface area contributed by atoms with Gasteiger partial charge in [0.05, 0.1) is 16.0 Å². The Labute approximate surface area is 183 Å². The average molecular weight is 470 g/mol. The van der Waals surface area contributed by atoms with Crippen LogP contribution in [0.4, 0.5) is 18.9 Å². The van der Waals surface area contributed by atoms with E-state index in [0.717, 1.165) is 37.1 Å². The van der Waals surface area contributed by atoms with Gasteiger partial charge in [0.15, 0.2) is 6.10 Å². The summed E-state index contributed by atoms with van der Waals surface area (Å²) in [7, 11) is -3.79. The van der Waals surface area contributed by atoms with Crippen molar-refractivity contribution in [2.45, 2.75) is 49.9 Å². The number of nitrogens with one attached hydrogen (secondary N) is 2. The van der Waals surface area contributed by atoms with Crippen LogP contribution < -0.4 is 10.0 Å². The van der Waals surface area contributed by atoms with Crippen LogP contribution in [0.1, 0.15) is 41.3 Å². The first kappa shape index (κ1) is 23.7. The van der Waals surface area contributed by atoms with Gasteiger partial charge in [-0.2, -0.15) is 13.2 Å². The lowest BCUT2D eigenvalue weighted by molar-refractivity contribution is -0.137. The number of hydrogen-bond donors (Lipinski definition) is 2. The van der Waals surface area contributed by atoms with E-state index < -0.39 is 39.7 Å². The van der Waals surface area contributed by atoms with Crippen LogP contribution in [0.3, 0.4) is 0 Å². The SMILES string of the molecule is Cc1ccc(S(=O)(=O)NC2CC2)cc1C(=O)OC(C)C(=O)Nc1ccc(C(F)(F)F)cc1. The number of rotatable bonds is 7. The van der Waals surface area contributed by atoms with Crippen LogP contribution in [0.25, 0.3) is 0 Å². The summed E-state index contributed by atoms with van der Waals surface area (Å²) < 4.78 is 70.3. The third kappa shape index (κ3) is 5.86. The van der Waals surface area contributed by atoms with Crippen molar-refractivity contribution in [3.05, 3.63) is 59.2 Å². The second-order valence-corrected chi connectivity index (χ2v) is 9.20. The van der Waals surface area contributed by atoms with Crippen LogP contribution in [0.5, 0.6) is 0 Å². The second-order valence-electron chi connectivity index (χ2n) is 7.48. The van der Waals surface area contributed by atoms with E-state index in [1.54, 1.807) is 6.92 Å². The van der Waals surface area contributed by atoms with Gasteiger partial charge in [0, 0.05) is 11.7 Å². The number of anilines is 1. The molecule has 3 rings (SSSR count). The molecule has 1 atom stereocenters. The van der Waals surface area contributed by atoms with Gasteiger partial charge < -0.3 is 10.1 Å². The molecule has 2 N–H and O–H groups in total. The predicted molar refractivity (Wildman–Crippen MR) is 109 cm³/mol. The third-order valence-corrected chi connectivity index (χ3v) is 6.29. The fourth-order valence-electron chi connectivity index (χ4n) is 2.74. The summed E-state index contributed by atoms with van der Waals surface area (Å²) >= 11 is 0. The second kappa shape index (κ2) is 8.91. The van der Waals surface area contributed by atoms with Gasteiger partial charge in [0.2, 0.25) is 10.0 Å². The van der Waals surface area contributed by atoms with Gasteiger partial charge in [-0.1, -0.05) is 6.07 Å². The Hall–Kier alpha value is -2.92. The molecule has 1 amide bonds. The van der Waals surface area contributed by atoms with E-state index in [-0.39, 0.29) is 22.2 Å². The van der Waals surface area contributed by atoms with Gasteiger partial charge in [-0.05, 0) is 68.7 Å². The molecule has 32 heavy (non-hydrogen) atoms. The molecule has 0 bridgehead atoms. The minimum Gasteiger partial charge on any atom is -0.449 e. The molecule has 0 aliphatic heterocycles. The number of halogens is 3. The highest BCUT2D eigenvalue weighted by Gasteiger charge is 2.31. The highest BCUT2D eigenvalue weighted by Crippen LogP contribution is 2.30. The smallest absolute Gasteiger partial charge is 0.416 e. The van der Waals surface area contributed by atoms with Crippen molar-refractivity contribution in [2.24, 2.45) is 0 Å². The van der Waals surface area contributed by atoms with Gasteiger partial charge >= 0.3 is 12.1 Å². The zero-order valence-corrected chi connectivity index (χ0v) is 18.0. The van der Waals surface area contributed by atoms with Crippen molar-refractivity contribution in [1.29, 1.82) is 0 Å². The number of benzene rings is 2. The number of aryl methyl sites for hydroxylation is 1. The summed E-state index contributed by atoms with van der Waals surface area (Å²) in [6.45, 7) is 2.89. The molecule has 1 aliphatic carbocycles. The molecule has 172 valence electrons. The molecule has 1 aliphatic rings. The Balaban J connectivity index is 1.67. The van der Waals surface area contributed by atoms with Crippen LogP contribution in [-0.4, -0.2) is 32.4 Å². The quantitative estimate of drug-likeness (QED) is 0.602. The number of ether oxygens (including phenoxy) is 1. The van der Waals surface area contributed by atoms with Crippen molar-refractivity contribution in [3.8, 4) is 0 Å². The largest absolute Gasteiger partial charge is 0.449 e. The number of carbonyl (C=O) groups is 2. The van der Waals surface area contributed by atoms with E-state index >= 15 is 0 Å². The third-order valence-electron chi connectivity index (χ3n) is 4.77. The summed E-state index contributed by atoms with van der Waals surface area (Å²) in [5, 5.41) is 2.37. The number of sulfonamides is 1. The van der Waals surface area contributed by atoms with Crippen LogP contribution >= 0.6 is 0 Å². The van der Waals surface area contributed by atoms with E-state index in [9.17, 15) is 31.2 Å². The minimum atomic E-state index is -4.50. The van der Waals surface area contributed by atoms with E-state index in [4.69, 9.17) is 4.74 Å². The number of carbonyl (C=O) groups excluding carboxylic acids is 2. The molecule has 0 radical (unpaired) electrons. The Morgan fingerprint density at radius 3 is 2.28 bits per heavy atom. The van der Waals surface area contributed by atoms with Crippen LogP contribution in [0.15, 0.2) is 47.4 Å². The molecule has 1 unspecified atom stereocenters. The summed E-state index contributed by atoms with van der Waals surface area (Å²) in [6.07, 6.45) is -4.27. The number of amides is 1. The van der Waals surface area contributed by atoms with Crippen molar-refractivity contribution in [3.63, 3.8) is 0 Å². The topological polar surface area (TPSA) is 102 Å². The van der Waals surface area contributed by atoms with E-state index in [1.807, 2.05) is 0 Å². The predicted octanol–water partition coefficient (Wildman–Crippen LogP) is 3.64. The molecular weight excluding hydrogens is 449 g/mol. The molecule has 1 fully saturated rings. The Bertz CT molecular complexity index is 1130. The lowest BCUT2D eigenvalue weighted by Crippen LogP contribution is -2.30. The zero-order valence-electron chi connectivity index (χ0n) is 17.2. The molecule has 2 aromatic carbocycles. The number of hydrogen-bond acceptors (Lipinski definition) is 5. The van der Waals surface area contributed by atoms with Gasteiger partial charge in [-0.25, -0.2) is 17.9 Å². The fraction of sp³-hybridized carbons (Fsp3) is 0.333. The van der Waals surface area contributed by atoms with Gasteiger partial charge in [0.1, 0.15) is 0 Å². The van der Waals surface area contributed by atoms with E-state index in [2.05, 4.69) is 10.0 Å². The first-order valence-corrected chi connectivity index (χ1v) is 11.2. The lowest BCUT2D eigenvalue weighted by Gasteiger charge is -2.15. The fourth-order valence-corrected chi connectivity index (χ4v) is 4.07. The minimum absolute atomic E-state index is 0.0159. The molecule has 0 aromatic heterocycles. The standard InChI is InChI=1S/C21H21F3N2O5S/c1-12-3-10-17(32(29,30)26-16-8-9-16)11-18(12)20(28)31-13(2)19(27)25-15-6-4-14(5-7-15)21(22,23)24/h3-7,10-11,13,16,26H,8-9H2,1-2H3,(H,25,27). The first-order valence-electron chi connectivity index (χ1n) is 9.69. The van der Waals surface area contributed by atoms with Gasteiger partial charge in [-0.3, -0.25) is 4.79 Å². The molecular formula is C21H21F3N2O5S. The van der Waals surface area contributed by atoms with Crippen LogP contribution in [0, 0.1) is 6.92 Å². The molecule has 0 spiro atoms. The summed E-state index contributed by atoms with van der Waals surface area (Å²) in [5.41, 5.74) is -0.327. The maximum atomic E-state index is 12.6. The van der Waals surface area contributed by atoms with E-state index in [1.165, 1.54) is 25.1 Å². The molecule has 2 aromatic rings. The normalized spacial score (nSPS) is 15.2. The van der Waals surface area contributed by atoms with Crippen molar-refractivity contribution in [2.75, 3.05) is 5.32 Å². The maximum absolute atomic E-state index is 12.6. The van der Waals surface area contributed by atoms with E-state index in [0.29, 0.717) is 5.56 Å². The van der Waals surface area contributed by atoms with Crippen molar-refractivity contribution >= 4 is 27.6 Å². The van der Waals surface area contributed by atoms with Crippen molar-refractivity contribution < 1.29 is 35.9 Å². The summed E-state index contributed by atoms with van der Waals surface area (Å²) in [4.78, 5) is 24.7.